The summed E-state index contributed by atoms with van der Waals surface area (Å²) in [6.45, 7) is 6.75. The topological polar surface area (TPSA) is 59.1 Å². The molecule has 6 heteroatoms. The van der Waals surface area contributed by atoms with Crippen molar-refractivity contribution in [2.45, 2.75) is 45.7 Å². The Bertz CT molecular complexity index is 1020. The Kier molecular flexibility index (Phi) is 5.28. The quantitative estimate of drug-likeness (QED) is 0.724. The molecule has 2 atom stereocenters. The van der Waals surface area contributed by atoms with Crippen LogP contribution in [0.4, 0.5) is 5.69 Å². The molecule has 30 heavy (non-hydrogen) atoms. The van der Waals surface area contributed by atoms with Crippen LogP contribution in [0.2, 0.25) is 0 Å². The normalized spacial score (nSPS) is 21.7. The van der Waals surface area contributed by atoms with Crippen molar-refractivity contribution in [2.75, 3.05) is 25.7 Å². The number of carbonyl (C=O) groups is 2. The number of hydrogen-bond donors (Lipinski definition) is 0. The van der Waals surface area contributed by atoms with E-state index in [1.54, 1.807) is 14.2 Å². The maximum absolute atomic E-state index is 13.4. The summed E-state index contributed by atoms with van der Waals surface area (Å²) in [6, 6.07) is 9.30. The number of hydrogen-bond acceptors (Lipinski definition) is 5. The van der Waals surface area contributed by atoms with Gasteiger partial charge in [0.25, 0.3) is 5.91 Å². The van der Waals surface area contributed by atoms with Crippen LogP contribution in [0.1, 0.15) is 41.6 Å². The fourth-order valence-electron chi connectivity index (χ4n) is 4.70. The molecule has 1 saturated heterocycles. The number of nitrogens with zero attached hydrogens (tertiary/aromatic N) is 2. The number of ether oxygens (including phenoxy) is 2. The first-order valence-electron chi connectivity index (χ1n) is 10.3. The van der Waals surface area contributed by atoms with E-state index < -0.39 is 6.04 Å². The number of amides is 2. The van der Waals surface area contributed by atoms with Crippen LogP contribution in [0.25, 0.3) is 0 Å². The zero-order valence-corrected chi connectivity index (χ0v) is 18.2. The Morgan fingerprint density at radius 3 is 2.43 bits per heavy atom. The average molecular weight is 408 g/mol. The predicted molar refractivity (Wildman–Crippen MR) is 115 cm³/mol. The molecule has 4 rings (SSSR count). The standard InChI is InChI=1S/C24H28N2O4/c1-14-7-6-8-19(15(14)2)26-23(27)13-20(24(26)28)25-10-9-17-11-21(29-4)22(30-5)12-18(17)16(25)3/h6-8,11-12,16,20H,9-10,13H2,1-5H3/t16-,20+/m0/s1. The summed E-state index contributed by atoms with van der Waals surface area (Å²) in [4.78, 5) is 29.8. The lowest BCUT2D eigenvalue weighted by Gasteiger charge is -2.38. The molecule has 2 aliphatic rings. The molecular formula is C24H28N2O4. The highest BCUT2D eigenvalue weighted by Gasteiger charge is 2.45. The van der Waals surface area contributed by atoms with Gasteiger partial charge >= 0.3 is 0 Å². The average Bonchev–Trinajstić information content (AvgIpc) is 3.03. The van der Waals surface area contributed by atoms with Gasteiger partial charge in [-0.3, -0.25) is 14.5 Å². The summed E-state index contributed by atoms with van der Waals surface area (Å²) >= 11 is 0. The molecule has 0 aliphatic carbocycles. The molecule has 1 fully saturated rings. The SMILES string of the molecule is COc1cc2c(cc1OC)[C@H](C)N([C@@H]1CC(=O)N(c3cccc(C)c3C)C1=O)CC2. The summed E-state index contributed by atoms with van der Waals surface area (Å²) in [5.74, 6) is 1.12. The van der Waals surface area contributed by atoms with Crippen molar-refractivity contribution >= 4 is 17.5 Å². The van der Waals surface area contributed by atoms with Gasteiger partial charge in [-0.2, -0.15) is 0 Å². The number of aryl methyl sites for hydroxylation is 1. The van der Waals surface area contributed by atoms with Crippen LogP contribution in [-0.2, 0) is 16.0 Å². The van der Waals surface area contributed by atoms with Crippen molar-refractivity contribution in [1.29, 1.82) is 0 Å². The summed E-state index contributed by atoms with van der Waals surface area (Å²) in [5, 5.41) is 0. The predicted octanol–water partition coefficient (Wildman–Crippen LogP) is 3.57. The largest absolute Gasteiger partial charge is 0.493 e. The highest BCUT2D eigenvalue weighted by molar-refractivity contribution is 6.22. The van der Waals surface area contributed by atoms with Gasteiger partial charge < -0.3 is 9.47 Å². The molecule has 0 saturated carbocycles. The first-order chi connectivity index (χ1) is 14.4. The highest BCUT2D eigenvalue weighted by Crippen LogP contribution is 2.40. The zero-order valence-electron chi connectivity index (χ0n) is 18.2. The van der Waals surface area contributed by atoms with Crippen LogP contribution in [-0.4, -0.2) is 43.5 Å². The number of fused-ring (bicyclic) bond motifs is 1. The summed E-state index contributed by atoms with van der Waals surface area (Å²) in [5.41, 5.74) is 5.04. The zero-order chi connectivity index (χ0) is 21.6. The Morgan fingerprint density at radius 1 is 1.03 bits per heavy atom. The van der Waals surface area contributed by atoms with Gasteiger partial charge in [-0.05, 0) is 67.6 Å². The maximum Gasteiger partial charge on any atom is 0.251 e. The minimum atomic E-state index is -0.450. The van der Waals surface area contributed by atoms with Gasteiger partial charge in [0, 0.05) is 12.6 Å². The van der Waals surface area contributed by atoms with Crippen molar-refractivity contribution in [3.63, 3.8) is 0 Å². The second-order valence-electron chi connectivity index (χ2n) is 8.08. The van der Waals surface area contributed by atoms with Crippen LogP contribution in [0.5, 0.6) is 11.5 Å². The molecule has 0 spiro atoms. The highest BCUT2D eigenvalue weighted by atomic mass is 16.5. The molecule has 0 radical (unpaired) electrons. The molecule has 0 unspecified atom stereocenters. The number of imide groups is 1. The third-order valence-electron chi connectivity index (χ3n) is 6.57. The van der Waals surface area contributed by atoms with Crippen molar-refractivity contribution in [3.8, 4) is 11.5 Å². The maximum atomic E-state index is 13.4. The first kappa shape index (κ1) is 20.4. The van der Waals surface area contributed by atoms with Gasteiger partial charge in [-0.15, -0.1) is 0 Å². The molecule has 158 valence electrons. The molecule has 2 aromatic rings. The Morgan fingerprint density at radius 2 is 1.73 bits per heavy atom. The van der Waals surface area contributed by atoms with E-state index in [-0.39, 0.29) is 24.3 Å². The van der Waals surface area contributed by atoms with Crippen molar-refractivity contribution in [1.82, 2.24) is 4.90 Å². The first-order valence-corrected chi connectivity index (χ1v) is 10.3. The lowest BCUT2D eigenvalue weighted by molar-refractivity contribution is -0.123. The smallest absolute Gasteiger partial charge is 0.251 e. The minimum absolute atomic E-state index is 0.00568. The molecule has 0 aromatic heterocycles. The summed E-state index contributed by atoms with van der Waals surface area (Å²) < 4.78 is 10.9. The van der Waals surface area contributed by atoms with Crippen molar-refractivity contribution in [3.05, 3.63) is 52.6 Å². The number of rotatable bonds is 4. The van der Waals surface area contributed by atoms with Crippen LogP contribution >= 0.6 is 0 Å². The van der Waals surface area contributed by atoms with Gasteiger partial charge in [-0.1, -0.05) is 12.1 Å². The second-order valence-corrected chi connectivity index (χ2v) is 8.08. The lowest BCUT2D eigenvalue weighted by Crippen LogP contribution is -2.46. The molecule has 0 bridgehead atoms. The van der Waals surface area contributed by atoms with Gasteiger partial charge in [0.15, 0.2) is 11.5 Å². The number of benzene rings is 2. The van der Waals surface area contributed by atoms with E-state index in [2.05, 4.69) is 11.8 Å². The second kappa shape index (κ2) is 7.76. The van der Waals surface area contributed by atoms with Crippen molar-refractivity contribution < 1.29 is 19.1 Å². The molecule has 2 heterocycles. The van der Waals surface area contributed by atoms with Crippen LogP contribution in [0.3, 0.4) is 0 Å². The molecular weight excluding hydrogens is 380 g/mol. The van der Waals surface area contributed by atoms with E-state index in [4.69, 9.17) is 9.47 Å². The summed E-state index contributed by atoms with van der Waals surface area (Å²) in [7, 11) is 3.25. The Balaban J connectivity index is 1.65. The van der Waals surface area contributed by atoms with E-state index in [1.165, 1.54) is 10.5 Å². The van der Waals surface area contributed by atoms with Crippen LogP contribution in [0, 0.1) is 13.8 Å². The number of carbonyl (C=O) groups excluding carboxylic acids is 2. The molecule has 2 aliphatic heterocycles. The fourth-order valence-corrected chi connectivity index (χ4v) is 4.70. The van der Waals surface area contributed by atoms with Crippen LogP contribution < -0.4 is 14.4 Å². The van der Waals surface area contributed by atoms with Crippen molar-refractivity contribution in [2.24, 2.45) is 0 Å². The molecule has 2 amide bonds. The van der Waals surface area contributed by atoms with Gasteiger partial charge in [0.1, 0.15) is 0 Å². The van der Waals surface area contributed by atoms with Gasteiger partial charge in [-0.25, -0.2) is 4.90 Å². The van der Waals surface area contributed by atoms with Gasteiger partial charge in [0.05, 0.1) is 32.4 Å². The van der Waals surface area contributed by atoms with E-state index in [0.717, 1.165) is 23.1 Å². The van der Waals surface area contributed by atoms with E-state index >= 15 is 0 Å². The van der Waals surface area contributed by atoms with E-state index in [1.807, 2.05) is 44.2 Å². The third-order valence-corrected chi connectivity index (χ3v) is 6.57. The Hall–Kier alpha value is -2.86. The third kappa shape index (κ3) is 3.16. The Labute approximate surface area is 177 Å². The summed E-state index contributed by atoms with van der Waals surface area (Å²) in [6.07, 6.45) is 1.00. The van der Waals surface area contributed by atoms with E-state index in [0.29, 0.717) is 23.7 Å². The lowest BCUT2D eigenvalue weighted by atomic mass is 9.91. The minimum Gasteiger partial charge on any atom is -0.493 e. The monoisotopic (exact) mass is 408 g/mol. The number of anilines is 1. The molecule has 6 nitrogen and oxygen atoms in total. The van der Waals surface area contributed by atoms with E-state index in [9.17, 15) is 9.59 Å². The van der Waals surface area contributed by atoms with Crippen LogP contribution in [0.15, 0.2) is 30.3 Å². The molecule has 0 N–H and O–H groups in total. The fraction of sp³-hybridized carbons (Fsp3) is 0.417. The van der Waals surface area contributed by atoms with Gasteiger partial charge in [0.2, 0.25) is 5.91 Å². The molecule has 2 aromatic carbocycles. The number of methoxy groups -OCH3 is 2.